The molecule has 1 aromatic carbocycles. The van der Waals surface area contributed by atoms with Crippen LogP contribution >= 0.6 is 0 Å². The summed E-state index contributed by atoms with van der Waals surface area (Å²) in [6.07, 6.45) is 0. The summed E-state index contributed by atoms with van der Waals surface area (Å²) >= 11 is 0. The van der Waals surface area contributed by atoms with Crippen LogP contribution in [0, 0.1) is 0 Å². The Morgan fingerprint density at radius 3 is 2.28 bits per heavy atom. The van der Waals surface area contributed by atoms with Crippen molar-refractivity contribution >= 4 is 15.8 Å². The number of likely N-dealkylation sites (N-methyl/N-ethyl adjacent to an activating group) is 1. The summed E-state index contributed by atoms with van der Waals surface area (Å²) in [5.74, 6) is -0.0873. The number of rotatable bonds is 6. The first-order valence-corrected chi connectivity index (χ1v) is 7.13. The van der Waals surface area contributed by atoms with Gasteiger partial charge in [-0.3, -0.25) is 4.79 Å². The Bertz CT molecular complexity index is 509. The number of ketones is 1. The minimum Gasteiger partial charge on any atom is -0.316 e. The third-order valence-corrected chi connectivity index (χ3v) is 4.08. The molecule has 0 bridgehead atoms. The Kier molecular flexibility index (Phi) is 5.01. The fourth-order valence-corrected chi connectivity index (χ4v) is 2.42. The number of hydrogen-bond acceptors (Lipinski definition) is 4. The smallest absolute Gasteiger partial charge is 0.240 e. The number of hydrogen-bond donors (Lipinski definition) is 2. The summed E-state index contributed by atoms with van der Waals surface area (Å²) in [6.45, 7) is 3.63. The molecule has 100 valence electrons. The quantitative estimate of drug-likeness (QED) is 0.749. The van der Waals surface area contributed by atoms with Crippen LogP contribution in [0.5, 0.6) is 0 Å². The normalized spacial score (nSPS) is 13.3. The fourth-order valence-electron chi connectivity index (χ4n) is 1.29. The third-order valence-electron chi connectivity index (χ3n) is 2.64. The van der Waals surface area contributed by atoms with E-state index in [1.165, 1.54) is 31.2 Å². The summed E-state index contributed by atoms with van der Waals surface area (Å²) < 4.78 is 26.3. The molecule has 5 nitrogen and oxygen atoms in total. The van der Waals surface area contributed by atoms with Crippen molar-refractivity contribution < 1.29 is 13.2 Å². The second-order valence-electron chi connectivity index (χ2n) is 4.12. The Balaban J connectivity index is 2.82. The minimum absolute atomic E-state index is 0.0521. The lowest BCUT2D eigenvalue weighted by Crippen LogP contribution is -2.37. The zero-order valence-corrected chi connectivity index (χ0v) is 11.5. The SMILES string of the molecule is CNC(C)CNS(=O)(=O)c1ccc(C(C)=O)cc1. The van der Waals surface area contributed by atoms with E-state index in [-0.39, 0.29) is 16.7 Å². The van der Waals surface area contributed by atoms with Crippen molar-refractivity contribution in [3.63, 3.8) is 0 Å². The lowest BCUT2D eigenvalue weighted by molar-refractivity contribution is 0.101. The zero-order chi connectivity index (χ0) is 13.8. The van der Waals surface area contributed by atoms with Crippen LogP contribution in [0.15, 0.2) is 29.2 Å². The molecule has 0 saturated carbocycles. The Morgan fingerprint density at radius 2 is 1.83 bits per heavy atom. The predicted octanol–water partition coefficient (Wildman–Crippen LogP) is 0.775. The molecule has 0 fully saturated rings. The van der Waals surface area contributed by atoms with Crippen molar-refractivity contribution in [1.29, 1.82) is 0 Å². The van der Waals surface area contributed by atoms with Crippen LogP contribution in [0.1, 0.15) is 24.2 Å². The summed E-state index contributed by atoms with van der Waals surface area (Å²) in [7, 11) is -1.74. The van der Waals surface area contributed by atoms with Crippen molar-refractivity contribution in [2.24, 2.45) is 0 Å². The van der Waals surface area contributed by atoms with E-state index in [4.69, 9.17) is 0 Å². The second-order valence-corrected chi connectivity index (χ2v) is 5.89. The number of sulfonamides is 1. The maximum Gasteiger partial charge on any atom is 0.240 e. The van der Waals surface area contributed by atoms with Crippen molar-refractivity contribution in [2.45, 2.75) is 24.8 Å². The van der Waals surface area contributed by atoms with E-state index in [0.29, 0.717) is 12.1 Å². The van der Waals surface area contributed by atoms with Crippen LogP contribution in [0.25, 0.3) is 0 Å². The van der Waals surface area contributed by atoms with Gasteiger partial charge in [0.2, 0.25) is 10.0 Å². The van der Waals surface area contributed by atoms with Crippen LogP contribution in [0.3, 0.4) is 0 Å². The molecule has 1 unspecified atom stereocenters. The highest BCUT2D eigenvalue weighted by atomic mass is 32.2. The highest BCUT2D eigenvalue weighted by Crippen LogP contribution is 2.10. The van der Waals surface area contributed by atoms with Crippen molar-refractivity contribution in [3.8, 4) is 0 Å². The van der Waals surface area contributed by atoms with Gasteiger partial charge in [-0.15, -0.1) is 0 Å². The minimum atomic E-state index is -3.51. The van der Waals surface area contributed by atoms with Crippen LogP contribution in [-0.2, 0) is 10.0 Å². The first-order chi connectivity index (χ1) is 8.36. The van der Waals surface area contributed by atoms with Crippen molar-refractivity contribution in [2.75, 3.05) is 13.6 Å². The second kappa shape index (κ2) is 6.08. The summed E-state index contributed by atoms with van der Waals surface area (Å²) in [4.78, 5) is 11.2. The molecule has 0 amide bonds. The van der Waals surface area contributed by atoms with E-state index in [1.807, 2.05) is 6.92 Å². The molecule has 1 atom stereocenters. The molecule has 0 saturated heterocycles. The standard InChI is InChI=1S/C12H18N2O3S/c1-9(13-3)8-14-18(16,17)12-6-4-11(5-7-12)10(2)15/h4-7,9,13-14H,8H2,1-3H3. The third kappa shape index (κ3) is 3.90. The molecule has 6 heteroatoms. The molecule has 0 radical (unpaired) electrons. The van der Waals surface area contributed by atoms with Crippen LogP contribution in [0.4, 0.5) is 0 Å². The van der Waals surface area contributed by atoms with Crippen molar-refractivity contribution in [1.82, 2.24) is 10.0 Å². The average molecular weight is 270 g/mol. The zero-order valence-electron chi connectivity index (χ0n) is 10.7. The molecular formula is C12H18N2O3S. The Hall–Kier alpha value is -1.24. The largest absolute Gasteiger partial charge is 0.316 e. The molecule has 0 aliphatic carbocycles. The van der Waals surface area contributed by atoms with Gasteiger partial charge >= 0.3 is 0 Å². The lowest BCUT2D eigenvalue weighted by Gasteiger charge is -2.12. The maximum absolute atomic E-state index is 11.9. The molecule has 0 heterocycles. The van der Waals surface area contributed by atoms with Gasteiger partial charge in [0.15, 0.2) is 5.78 Å². The van der Waals surface area contributed by atoms with E-state index in [0.717, 1.165) is 0 Å². The van der Waals surface area contributed by atoms with E-state index in [9.17, 15) is 13.2 Å². The molecule has 0 aliphatic heterocycles. The topological polar surface area (TPSA) is 75.3 Å². The first-order valence-electron chi connectivity index (χ1n) is 5.64. The highest BCUT2D eigenvalue weighted by molar-refractivity contribution is 7.89. The molecule has 0 aromatic heterocycles. The molecule has 1 rings (SSSR count). The average Bonchev–Trinajstić information content (AvgIpc) is 2.36. The van der Waals surface area contributed by atoms with Crippen LogP contribution < -0.4 is 10.0 Å². The van der Waals surface area contributed by atoms with Gasteiger partial charge in [0.25, 0.3) is 0 Å². The van der Waals surface area contributed by atoms with Gasteiger partial charge in [0.1, 0.15) is 0 Å². The summed E-state index contributed by atoms with van der Waals surface area (Å²) in [5.41, 5.74) is 0.498. The monoisotopic (exact) mass is 270 g/mol. The highest BCUT2D eigenvalue weighted by Gasteiger charge is 2.14. The van der Waals surface area contributed by atoms with Gasteiger partial charge in [0.05, 0.1) is 4.90 Å². The van der Waals surface area contributed by atoms with E-state index in [2.05, 4.69) is 10.0 Å². The van der Waals surface area contributed by atoms with Gasteiger partial charge in [-0.25, -0.2) is 13.1 Å². The first kappa shape index (κ1) is 14.8. The number of nitrogens with one attached hydrogen (secondary N) is 2. The van der Waals surface area contributed by atoms with Gasteiger partial charge < -0.3 is 5.32 Å². The Labute approximate surface area is 108 Å². The predicted molar refractivity (Wildman–Crippen MR) is 70.2 cm³/mol. The molecule has 0 spiro atoms. The van der Waals surface area contributed by atoms with Gasteiger partial charge in [-0.1, -0.05) is 12.1 Å². The molecule has 0 aliphatic rings. The molecular weight excluding hydrogens is 252 g/mol. The van der Waals surface area contributed by atoms with E-state index < -0.39 is 10.0 Å². The molecule has 2 N–H and O–H groups in total. The number of Topliss-reactive ketones (excluding diaryl/α,β-unsaturated/α-hetero) is 1. The van der Waals surface area contributed by atoms with Gasteiger partial charge in [-0.2, -0.15) is 0 Å². The fraction of sp³-hybridized carbons (Fsp3) is 0.417. The van der Waals surface area contributed by atoms with Crippen LogP contribution in [-0.4, -0.2) is 33.8 Å². The van der Waals surface area contributed by atoms with Gasteiger partial charge in [-0.05, 0) is 33.0 Å². The summed E-state index contributed by atoms with van der Waals surface area (Å²) in [6, 6.07) is 5.94. The maximum atomic E-state index is 11.9. The van der Waals surface area contributed by atoms with Gasteiger partial charge in [0, 0.05) is 18.2 Å². The lowest BCUT2D eigenvalue weighted by atomic mass is 10.2. The van der Waals surface area contributed by atoms with E-state index >= 15 is 0 Å². The number of carbonyl (C=O) groups is 1. The molecule has 18 heavy (non-hydrogen) atoms. The molecule has 1 aromatic rings. The van der Waals surface area contributed by atoms with Crippen LogP contribution in [0.2, 0.25) is 0 Å². The van der Waals surface area contributed by atoms with E-state index in [1.54, 1.807) is 7.05 Å². The number of carbonyl (C=O) groups excluding carboxylic acids is 1. The summed E-state index contributed by atoms with van der Waals surface area (Å²) in [5, 5.41) is 2.94. The Morgan fingerprint density at radius 1 is 1.28 bits per heavy atom. The number of benzene rings is 1. The van der Waals surface area contributed by atoms with Crippen molar-refractivity contribution in [3.05, 3.63) is 29.8 Å².